The Morgan fingerprint density at radius 3 is 2.68 bits per heavy atom. The van der Waals surface area contributed by atoms with Crippen molar-refractivity contribution in [2.75, 3.05) is 33.2 Å². The van der Waals surface area contributed by atoms with Crippen molar-refractivity contribution in [2.45, 2.75) is 38.8 Å². The van der Waals surface area contributed by atoms with E-state index in [-0.39, 0.29) is 5.41 Å². The molecule has 1 saturated heterocycles. The Hall–Kier alpha value is -1.95. The molecule has 1 heterocycles. The smallest absolute Gasteiger partial charge is 0.195 e. The van der Waals surface area contributed by atoms with Crippen molar-refractivity contribution in [2.24, 2.45) is 16.3 Å². The summed E-state index contributed by atoms with van der Waals surface area (Å²) in [6.45, 7) is 5.41. The molecule has 1 aliphatic heterocycles. The van der Waals surface area contributed by atoms with E-state index in [0.29, 0.717) is 29.6 Å². The van der Waals surface area contributed by atoms with Crippen LogP contribution in [0.1, 0.15) is 26.7 Å². The van der Waals surface area contributed by atoms with E-state index in [1.165, 1.54) is 6.42 Å². The first-order valence-corrected chi connectivity index (χ1v) is 8.85. The van der Waals surface area contributed by atoms with Crippen molar-refractivity contribution in [1.82, 2.24) is 5.32 Å². The van der Waals surface area contributed by atoms with Gasteiger partial charge in [0.05, 0.1) is 20.3 Å². The van der Waals surface area contributed by atoms with E-state index in [9.17, 15) is 0 Å². The molecule has 3 unspecified atom stereocenters. The molecule has 0 radical (unpaired) electrons. The lowest BCUT2D eigenvalue weighted by molar-refractivity contribution is -0.188. The summed E-state index contributed by atoms with van der Waals surface area (Å²) in [5.41, 5.74) is 1.000. The molecule has 138 valence electrons. The normalized spacial score (nSPS) is 27.7. The molecule has 6 heteroatoms. The maximum absolute atomic E-state index is 5.98. The van der Waals surface area contributed by atoms with Crippen molar-refractivity contribution >= 4 is 11.6 Å². The van der Waals surface area contributed by atoms with Crippen molar-refractivity contribution in [1.29, 1.82) is 0 Å². The Labute approximate surface area is 149 Å². The number of hydrogen-bond donors (Lipinski definition) is 2. The number of guanidine groups is 1. The molecule has 25 heavy (non-hydrogen) atoms. The minimum Gasteiger partial charge on any atom is -0.493 e. The van der Waals surface area contributed by atoms with Gasteiger partial charge in [0.2, 0.25) is 0 Å². The van der Waals surface area contributed by atoms with Gasteiger partial charge in [0.25, 0.3) is 0 Å². The molecule has 1 saturated carbocycles. The zero-order valence-electron chi connectivity index (χ0n) is 15.8. The molecule has 0 bridgehead atoms. The molecular formula is C19H29N3O3. The quantitative estimate of drug-likeness (QED) is 0.648. The van der Waals surface area contributed by atoms with Crippen LogP contribution in [0.15, 0.2) is 23.2 Å². The molecule has 1 aliphatic carbocycles. The Morgan fingerprint density at radius 2 is 2.00 bits per heavy atom. The Balaban J connectivity index is 1.69. The van der Waals surface area contributed by atoms with E-state index in [1.807, 2.05) is 18.2 Å². The molecule has 0 aromatic heterocycles. The average molecular weight is 347 g/mol. The van der Waals surface area contributed by atoms with E-state index in [0.717, 1.165) is 24.7 Å². The van der Waals surface area contributed by atoms with E-state index in [2.05, 4.69) is 29.5 Å². The molecule has 0 spiro atoms. The molecule has 3 rings (SSSR count). The fourth-order valence-electron chi connectivity index (χ4n) is 4.17. The Kier molecular flexibility index (Phi) is 5.08. The average Bonchev–Trinajstić information content (AvgIpc) is 2.64. The van der Waals surface area contributed by atoms with Crippen LogP contribution in [-0.2, 0) is 4.74 Å². The summed E-state index contributed by atoms with van der Waals surface area (Å²) in [6.07, 6.45) is 2.69. The van der Waals surface area contributed by atoms with Crippen molar-refractivity contribution < 1.29 is 14.2 Å². The summed E-state index contributed by atoms with van der Waals surface area (Å²) >= 11 is 0. The first-order valence-electron chi connectivity index (χ1n) is 8.85. The number of aliphatic imine (C=N–C) groups is 1. The van der Waals surface area contributed by atoms with Crippen LogP contribution < -0.4 is 20.1 Å². The lowest BCUT2D eigenvalue weighted by atomic mass is 9.55. The summed E-state index contributed by atoms with van der Waals surface area (Å²) in [7, 11) is 5.05. The summed E-state index contributed by atoms with van der Waals surface area (Å²) in [6, 6.07) is 6.09. The lowest BCUT2D eigenvalue weighted by Gasteiger charge is -2.60. The molecule has 2 aliphatic rings. The molecule has 2 fully saturated rings. The highest BCUT2D eigenvalue weighted by Gasteiger charge is 2.58. The molecule has 6 nitrogen and oxygen atoms in total. The molecule has 1 aromatic rings. The van der Waals surface area contributed by atoms with Crippen LogP contribution in [0.4, 0.5) is 5.69 Å². The van der Waals surface area contributed by atoms with Crippen LogP contribution >= 0.6 is 0 Å². The number of nitrogens with zero attached hydrogens (tertiary/aromatic N) is 1. The Morgan fingerprint density at radius 1 is 1.24 bits per heavy atom. The predicted octanol–water partition coefficient (Wildman–Crippen LogP) is 2.89. The van der Waals surface area contributed by atoms with Crippen molar-refractivity contribution in [3.63, 3.8) is 0 Å². The summed E-state index contributed by atoms with van der Waals surface area (Å²) in [5, 5.41) is 6.94. The third-order valence-electron chi connectivity index (χ3n) is 5.49. The van der Waals surface area contributed by atoms with Crippen LogP contribution in [0.5, 0.6) is 11.5 Å². The van der Waals surface area contributed by atoms with Crippen LogP contribution in [0.25, 0.3) is 0 Å². The number of nitrogens with one attached hydrogen (secondary N) is 2. The topological polar surface area (TPSA) is 64.1 Å². The van der Waals surface area contributed by atoms with E-state index in [4.69, 9.17) is 14.2 Å². The minimum atomic E-state index is 0.0975. The van der Waals surface area contributed by atoms with Gasteiger partial charge in [-0.05, 0) is 25.0 Å². The number of anilines is 1. The third-order valence-corrected chi connectivity index (χ3v) is 5.49. The van der Waals surface area contributed by atoms with Gasteiger partial charge in [-0.25, -0.2) is 0 Å². The zero-order chi connectivity index (χ0) is 18.0. The maximum atomic E-state index is 5.98. The highest BCUT2D eigenvalue weighted by atomic mass is 16.5. The second-order valence-corrected chi connectivity index (χ2v) is 7.31. The number of hydrogen-bond acceptors (Lipinski definition) is 4. The highest BCUT2D eigenvalue weighted by molar-refractivity contribution is 5.94. The largest absolute Gasteiger partial charge is 0.493 e. The van der Waals surface area contributed by atoms with Crippen LogP contribution in [0.2, 0.25) is 0 Å². The molecular weight excluding hydrogens is 318 g/mol. The summed E-state index contributed by atoms with van der Waals surface area (Å²) in [4.78, 5) is 4.39. The van der Waals surface area contributed by atoms with Gasteiger partial charge in [-0.2, -0.15) is 0 Å². The number of benzene rings is 1. The monoisotopic (exact) mass is 347 g/mol. The minimum absolute atomic E-state index is 0.0975. The number of ether oxygens (including phenoxy) is 3. The lowest BCUT2D eigenvalue weighted by Crippen LogP contribution is -2.70. The number of methoxy groups -OCH3 is 2. The van der Waals surface area contributed by atoms with Crippen LogP contribution in [0.3, 0.4) is 0 Å². The molecule has 0 amide bonds. The highest BCUT2D eigenvalue weighted by Crippen LogP contribution is 2.51. The summed E-state index contributed by atoms with van der Waals surface area (Å²) < 4.78 is 16.6. The van der Waals surface area contributed by atoms with E-state index in [1.54, 1.807) is 21.3 Å². The van der Waals surface area contributed by atoms with Gasteiger partial charge < -0.3 is 24.8 Å². The van der Waals surface area contributed by atoms with Gasteiger partial charge in [-0.3, -0.25) is 4.99 Å². The van der Waals surface area contributed by atoms with Gasteiger partial charge in [0.15, 0.2) is 17.5 Å². The summed E-state index contributed by atoms with van der Waals surface area (Å²) in [5.74, 6) is 2.70. The van der Waals surface area contributed by atoms with Gasteiger partial charge in [0, 0.05) is 42.8 Å². The van der Waals surface area contributed by atoms with Gasteiger partial charge in [-0.1, -0.05) is 13.8 Å². The second kappa shape index (κ2) is 7.12. The fourth-order valence-corrected chi connectivity index (χ4v) is 4.17. The van der Waals surface area contributed by atoms with Crippen molar-refractivity contribution in [3.8, 4) is 11.5 Å². The van der Waals surface area contributed by atoms with Crippen molar-refractivity contribution in [3.05, 3.63) is 18.2 Å². The third kappa shape index (κ3) is 3.27. The SMILES string of the molecule is CN=C(Nc1ccc(OC)c(OC)c1)NC1C2CCCOC2C1(C)C. The predicted molar refractivity (Wildman–Crippen MR) is 99.7 cm³/mol. The first kappa shape index (κ1) is 17.9. The van der Waals surface area contributed by atoms with Gasteiger partial charge in [-0.15, -0.1) is 0 Å². The standard InChI is InChI=1S/C19H29N3O3/c1-19(2)16(13-7-6-10-25-17(13)19)22-18(20-3)21-12-8-9-14(23-4)15(11-12)24-5/h8-9,11,13,16-17H,6-7,10H2,1-5H3,(H2,20,21,22). The first-order chi connectivity index (χ1) is 12.0. The van der Waals surface area contributed by atoms with Crippen LogP contribution in [-0.4, -0.2) is 46.0 Å². The van der Waals surface area contributed by atoms with E-state index < -0.39 is 0 Å². The second-order valence-electron chi connectivity index (χ2n) is 7.31. The molecule has 1 aromatic carbocycles. The Bertz CT molecular complexity index is 645. The number of rotatable bonds is 4. The zero-order valence-corrected chi connectivity index (χ0v) is 15.8. The van der Waals surface area contributed by atoms with E-state index >= 15 is 0 Å². The molecule has 3 atom stereocenters. The van der Waals surface area contributed by atoms with Gasteiger partial charge in [0.1, 0.15) is 0 Å². The molecule has 2 N–H and O–H groups in total. The fraction of sp³-hybridized carbons (Fsp3) is 0.632. The van der Waals surface area contributed by atoms with Crippen LogP contribution in [0, 0.1) is 11.3 Å². The maximum Gasteiger partial charge on any atom is 0.195 e. The number of fused-ring (bicyclic) bond motifs is 1. The van der Waals surface area contributed by atoms with Gasteiger partial charge >= 0.3 is 0 Å².